The number of hydrogen-bond acceptors (Lipinski definition) is 3. The SMILES string of the molecule is O=C1c2c(Cl)cc(-c3cnn(Cc4cccnc4)c3)cc2CN1Cc1ccc(Cl)cc1. The summed E-state index contributed by atoms with van der Waals surface area (Å²) in [5.74, 6) is -0.0474. The molecule has 0 unspecified atom stereocenters. The molecule has 0 spiro atoms. The van der Waals surface area contributed by atoms with E-state index in [0.29, 0.717) is 35.2 Å². The van der Waals surface area contributed by atoms with Gasteiger partial charge in [0.05, 0.1) is 23.3 Å². The van der Waals surface area contributed by atoms with E-state index >= 15 is 0 Å². The van der Waals surface area contributed by atoms with E-state index in [9.17, 15) is 4.79 Å². The van der Waals surface area contributed by atoms with Crippen molar-refractivity contribution in [3.63, 3.8) is 0 Å². The molecule has 0 saturated heterocycles. The lowest BCUT2D eigenvalue weighted by Gasteiger charge is -2.15. The van der Waals surface area contributed by atoms with Gasteiger partial charge < -0.3 is 4.90 Å². The fourth-order valence-corrected chi connectivity index (χ4v) is 4.29. The maximum absolute atomic E-state index is 12.9. The third-order valence-electron chi connectivity index (χ3n) is 5.35. The van der Waals surface area contributed by atoms with E-state index in [0.717, 1.165) is 27.8 Å². The van der Waals surface area contributed by atoms with Crippen LogP contribution in [-0.4, -0.2) is 25.6 Å². The molecule has 7 heteroatoms. The molecule has 3 heterocycles. The van der Waals surface area contributed by atoms with Crippen LogP contribution >= 0.6 is 23.2 Å². The molecule has 1 aliphatic heterocycles. The third-order valence-corrected chi connectivity index (χ3v) is 5.90. The van der Waals surface area contributed by atoms with Gasteiger partial charge in [-0.3, -0.25) is 14.5 Å². The van der Waals surface area contributed by atoms with E-state index in [-0.39, 0.29) is 5.91 Å². The van der Waals surface area contributed by atoms with Crippen molar-refractivity contribution in [3.05, 3.63) is 106 Å². The number of amides is 1. The van der Waals surface area contributed by atoms with Crippen molar-refractivity contribution in [2.24, 2.45) is 0 Å². The largest absolute Gasteiger partial charge is 0.330 e. The van der Waals surface area contributed by atoms with E-state index in [1.807, 2.05) is 71.8 Å². The van der Waals surface area contributed by atoms with Crippen LogP contribution in [0.5, 0.6) is 0 Å². The van der Waals surface area contributed by atoms with Crippen molar-refractivity contribution in [1.29, 1.82) is 0 Å². The summed E-state index contributed by atoms with van der Waals surface area (Å²) in [5, 5.41) is 5.61. The quantitative estimate of drug-likeness (QED) is 0.407. The predicted molar refractivity (Wildman–Crippen MR) is 121 cm³/mol. The molecule has 5 rings (SSSR count). The minimum Gasteiger partial charge on any atom is -0.330 e. The van der Waals surface area contributed by atoms with Crippen molar-refractivity contribution in [3.8, 4) is 11.1 Å². The number of fused-ring (bicyclic) bond motifs is 1. The topological polar surface area (TPSA) is 51.0 Å². The molecule has 2 aromatic heterocycles. The summed E-state index contributed by atoms with van der Waals surface area (Å²) < 4.78 is 1.87. The molecule has 0 N–H and O–H groups in total. The molecule has 0 radical (unpaired) electrons. The highest BCUT2D eigenvalue weighted by atomic mass is 35.5. The molecule has 2 aromatic carbocycles. The summed E-state index contributed by atoms with van der Waals surface area (Å²) in [6.07, 6.45) is 7.38. The molecule has 0 atom stereocenters. The maximum atomic E-state index is 12.9. The summed E-state index contributed by atoms with van der Waals surface area (Å²) in [4.78, 5) is 18.9. The molecule has 0 fully saturated rings. The van der Waals surface area contributed by atoms with E-state index in [1.165, 1.54) is 0 Å². The van der Waals surface area contributed by atoms with Crippen molar-refractivity contribution in [1.82, 2.24) is 19.7 Å². The Balaban J connectivity index is 1.38. The Hall–Kier alpha value is -3.15. The molecule has 154 valence electrons. The first-order chi connectivity index (χ1) is 15.1. The number of aromatic nitrogens is 3. The second kappa shape index (κ2) is 8.17. The summed E-state index contributed by atoms with van der Waals surface area (Å²) in [5.41, 5.74) is 5.52. The molecular formula is C24H18Cl2N4O. The predicted octanol–water partition coefficient (Wildman–Crippen LogP) is 5.46. The summed E-state index contributed by atoms with van der Waals surface area (Å²) in [7, 11) is 0. The van der Waals surface area contributed by atoms with Crippen LogP contribution in [0.15, 0.2) is 73.3 Å². The molecular weight excluding hydrogens is 431 g/mol. The molecule has 0 aliphatic carbocycles. The molecule has 0 saturated carbocycles. The molecule has 1 aliphatic rings. The lowest BCUT2D eigenvalue weighted by atomic mass is 10.0. The molecule has 1 amide bonds. The van der Waals surface area contributed by atoms with Gasteiger partial charge in [-0.1, -0.05) is 41.4 Å². The smallest absolute Gasteiger partial charge is 0.256 e. The van der Waals surface area contributed by atoms with Crippen LogP contribution < -0.4 is 0 Å². The second-order valence-electron chi connectivity index (χ2n) is 7.57. The fourth-order valence-electron chi connectivity index (χ4n) is 3.85. The number of halogens is 2. The lowest BCUT2D eigenvalue weighted by molar-refractivity contribution is 0.0767. The van der Waals surface area contributed by atoms with Crippen molar-refractivity contribution in [2.75, 3.05) is 0 Å². The number of hydrogen-bond donors (Lipinski definition) is 0. The first kappa shape index (κ1) is 19.8. The minimum atomic E-state index is -0.0474. The highest BCUT2D eigenvalue weighted by molar-refractivity contribution is 6.34. The number of carbonyl (C=O) groups is 1. The van der Waals surface area contributed by atoms with Gasteiger partial charge in [-0.15, -0.1) is 0 Å². The van der Waals surface area contributed by atoms with Crippen molar-refractivity contribution in [2.45, 2.75) is 19.6 Å². The third kappa shape index (κ3) is 4.07. The van der Waals surface area contributed by atoms with Crippen LogP contribution in [-0.2, 0) is 19.6 Å². The van der Waals surface area contributed by atoms with Gasteiger partial charge in [0.2, 0.25) is 0 Å². The Morgan fingerprint density at radius 1 is 0.935 bits per heavy atom. The Kier molecular flexibility index (Phi) is 5.22. The van der Waals surface area contributed by atoms with Gasteiger partial charge in [0.25, 0.3) is 5.91 Å². The van der Waals surface area contributed by atoms with Gasteiger partial charge in [-0.2, -0.15) is 5.10 Å². The van der Waals surface area contributed by atoms with Gasteiger partial charge in [0.15, 0.2) is 0 Å². The zero-order valence-corrected chi connectivity index (χ0v) is 18.0. The monoisotopic (exact) mass is 448 g/mol. The van der Waals surface area contributed by atoms with Crippen LogP contribution in [0.25, 0.3) is 11.1 Å². The molecule has 5 nitrogen and oxygen atoms in total. The summed E-state index contributed by atoms with van der Waals surface area (Å²) >= 11 is 12.5. The number of nitrogens with zero attached hydrogens (tertiary/aromatic N) is 4. The van der Waals surface area contributed by atoms with Crippen LogP contribution in [0.1, 0.15) is 27.0 Å². The van der Waals surface area contributed by atoms with Crippen LogP contribution in [0.4, 0.5) is 0 Å². The van der Waals surface area contributed by atoms with Crippen LogP contribution in [0.3, 0.4) is 0 Å². The number of rotatable bonds is 5. The highest BCUT2D eigenvalue weighted by Gasteiger charge is 2.30. The standard InChI is InChI=1S/C24H18Cl2N4O/c25-21-5-3-16(4-6-21)12-29-14-19-8-18(9-22(26)23(19)24(29)31)20-11-28-30(15-20)13-17-2-1-7-27-10-17/h1-11,15H,12-14H2. The minimum absolute atomic E-state index is 0.0474. The summed E-state index contributed by atoms with van der Waals surface area (Å²) in [6, 6.07) is 15.3. The Labute approximate surface area is 189 Å². The van der Waals surface area contributed by atoms with Crippen LogP contribution in [0.2, 0.25) is 10.0 Å². The van der Waals surface area contributed by atoms with E-state index in [4.69, 9.17) is 23.2 Å². The number of pyridine rings is 1. The Bertz CT molecular complexity index is 1250. The fraction of sp³-hybridized carbons (Fsp3) is 0.125. The number of carbonyl (C=O) groups excluding carboxylic acids is 1. The van der Waals surface area contributed by atoms with E-state index in [1.54, 1.807) is 11.1 Å². The zero-order valence-electron chi connectivity index (χ0n) is 16.5. The highest BCUT2D eigenvalue weighted by Crippen LogP contribution is 2.35. The van der Waals surface area contributed by atoms with Crippen molar-refractivity contribution >= 4 is 29.1 Å². The normalized spacial score (nSPS) is 13.0. The van der Waals surface area contributed by atoms with Gasteiger partial charge in [-0.25, -0.2) is 0 Å². The zero-order chi connectivity index (χ0) is 21.4. The molecule has 31 heavy (non-hydrogen) atoms. The lowest BCUT2D eigenvalue weighted by Crippen LogP contribution is -2.23. The maximum Gasteiger partial charge on any atom is 0.256 e. The molecule has 4 aromatic rings. The first-order valence-corrected chi connectivity index (χ1v) is 10.6. The van der Waals surface area contributed by atoms with Gasteiger partial charge in [0.1, 0.15) is 0 Å². The average Bonchev–Trinajstić information content (AvgIpc) is 3.35. The Morgan fingerprint density at radius 2 is 1.77 bits per heavy atom. The molecule has 0 bridgehead atoms. The van der Waals surface area contributed by atoms with Gasteiger partial charge >= 0.3 is 0 Å². The van der Waals surface area contributed by atoms with Crippen LogP contribution in [0, 0.1) is 0 Å². The number of benzene rings is 2. The summed E-state index contributed by atoms with van der Waals surface area (Å²) in [6.45, 7) is 1.67. The first-order valence-electron chi connectivity index (χ1n) is 9.85. The second-order valence-corrected chi connectivity index (χ2v) is 8.41. The Morgan fingerprint density at radius 3 is 2.55 bits per heavy atom. The van der Waals surface area contributed by atoms with E-state index < -0.39 is 0 Å². The van der Waals surface area contributed by atoms with E-state index in [2.05, 4.69) is 10.1 Å². The average molecular weight is 449 g/mol. The van der Waals surface area contributed by atoms with Gasteiger partial charge in [0, 0.05) is 42.3 Å². The van der Waals surface area contributed by atoms with Gasteiger partial charge in [-0.05, 0) is 52.6 Å². The van der Waals surface area contributed by atoms with Crippen molar-refractivity contribution < 1.29 is 4.79 Å².